The van der Waals surface area contributed by atoms with Gasteiger partial charge in [-0.2, -0.15) is 5.26 Å². The van der Waals surface area contributed by atoms with Gasteiger partial charge in [-0.25, -0.2) is 13.4 Å². The minimum absolute atomic E-state index is 0.0673. The maximum atomic E-state index is 12.1. The Morgan fingerprint density at radius 1 is 1.52 bits per heavy atom. The minimum atomic E-state index is -3.67. The van der Waals surface area contributed by atoms with Gasteiger partial charge in [0.2, 0.25) is 10.0 Å². The van der Waals surface area contributed by atoms with E-state index in [1.165, 1.54) is 36.8 Å². The van der Waals surface area contributed by atoms with Crippen molar-refractivity contribution in [2.75, 3.05) is 11.8 Å². The van der Waals surface area contributed by atoms with Gasteiger partial charge < -0.3 is 4.74 Å². The highest BCUT2D eigenvalue weighted by molar-refractivity contribution is 7.91. The summed E-state index contributed by atoms with van der Waals surface area (Å²) in [4.78, 5) is 4.36. The van der Waals surface area contributed by atoms with E-state index in [9.17, 15) is 8.42 Å². The molecular formula is C12H10ClN3O3S2. The molecule has 21 heavy (non-hydrogen) atoms. The van der Waals surface area contributed by atoms with Crippen molar-refractivity contribution in [1.29, 1.82) is 5.26 Å². The van der Waals surface area contributed by atoms with Crippen molar-refractivity contribution in [2.24, 2.45) is 0 Å². The molecule has 0 saturated heterocycles. The summed E-state index contributed by atoms with van der Waals surface area (Å²) in [7, 11) is -2.27. The van der Waals surface area contributed by atoms with Crippen molar-refractivity contribution < 1.29 is 13.2 Å². The number of ether oxygens (including phenoxy) is 1. The molecule has 9 heteroatoms. The van der Waals surface area contributed by atoms with Crippen molar-refractivity contribution in [1.82, 2.24) is 4.98 Å². The minimum Gasteiger partial charge on any atom is -0.493 e. The van der Waals surface area contributed by atoms with Crippen LogP contribution in [0.3, 0.4) is 0 Å². The van der Waals surface area contributed by atoms with E-state index in [2.05, 4.69) is 9.71 Å². The van der Waals surface area contributed by atoms with Gasteiger partial charge >= 0.3 is 0 Å². The lowest BCUT2D eigenvalue weighted by Gasteiger charge is -2.10. The van der Waals surface area contributed by atoms with Crippen molar-refractivity contribution in [3.63, 3.8) is 0 Å². The van der Waals surface area contributed by atoms with Crippen LogP contribution < -0.4 is 9.46 Å². The molecule has 0 spiro atoms. The molecule has 0 aliphatic heterocycles. The van der Waals surface area contributed by atoms with Crippen LogP contribution in [0.25, 0.3) is 0 Å². The largest absolute Gasteiger partial charge is 0.493 e. The summed E-state index contributed by atoms with van der Waals surface area (Å²) in [5.41, 5.74) is 0.539. The number of nitrogens with zero attached hydrogens (tertiary/aromatic N) is 2. The zero-order valence-electron chi connectivity index (χ0n) is 10.8. The second kappa shape index (κ2) is 6.30. The fourth-order valence-electron chi connectivity index (χ4n) is 1.57. The van der Waals surface area contributed by atoms with E-state index in [1.807, 2.05) is 6.07 Å². The summed E-state index contributed by atoms with van der Waals surface area (Å²) >= 11 is 6.96. The highest BCUT2D eigenvalue weighted by Gasteiger charge is 2.17. The van der Waals surface area contributed by atoms with Crippen molar-refractivity contribution >= 4 is 38.8 Å². The number of nitrogens with one attached hydrogen (secondary N) is 1. The van der Waals surface area contributed by atoms with E-state index < -0.39 is 10.0 Å². The third-order valence-corrected chi connectivity index (χ3v) is 4.72. The van der Waals surface area contributed by atoms with Crippen LogP contribution in [0, 0.1) is 11.3 Å². The lowest BCUT2D eigenvalue weighted by Crippen LogP contribution is -2.16. The van der Waals surface area contributed by atoms with Gasteiger partial charge in [-0.05, 0) is 17.0 Å². The lowest BCUT2D eigenvalue weighted by atomic mass is 10.3. The Morgan fingerprint density at radius 2 is 2.29 bits per heavy atom. The predicted molar refractivity (Wildman–Crippen MR) is 81.1 cm³/mol. The molecular weight excluding hydrogens is 334 g/mol. The summed E-state index contributed by atoms with van der Waals surface area (Å²) in [5, 5.41) is 10.7. The van der Waals surface area contributed by atoms with Crippen LogP contribution in [0.15, 0.2) is 23.7 Å². The van der Waals surface area contributed by atoms with Crippen LogP contribution in [0.2, 0.25) is 5.02 Å². The Labute approximate surface area is 131 Å². The highest BCUT2D eigenvalue weighted by Crippen LogP contribution is 2.26. The summed E-state index contributed by atoms with van der Waals surface area (Å²) in [6.45, 7) is 0. The van der Waals surface area contributed by atoms with Gasteiger partial charge in [-0.3, -0.25) is 4.72 Å². The molecule has 0 aromatic carbocycles. The van der Waals surface area contributed by atoms with Gasteiger partial charge in [0.1, 0.15) is 10.9 Å². The van der Waals surface area contributed by atoms with E-state index in [0.29, 0.717) is 15.5 Å². The quantitative estimate of drug-likeness (QED) is 0.900. The number of hydrogen-bond acceptors (Lipinski definition) is 6. The van der Waals surface area contributed by atoms with Gasteiger partial charge in [0, 0.05) is 12.3 Å². The van der Waals surface area contributed by atoms with Gasteiger partial charge in [-0.15, -0.1) is 11.3 Å². The van der Waals surface area contributed by atoms with Gasteiger partial charge in [0.05, 0.1) is 17.9 Å². The number of methoxy groups -OCH3 is 1. The maximum absolute atomic E-state index is 12.1. The Bertz CT molecular complexity index is 796. The number of rotatable bonds is 5. The van der Waals surface area contributed by atoms with E-state index >= 15 is 0 Å². The van der Waals surface area contributed by atoms with E-state index in [-0.39, 0.29) is 17.3 Å². The first kappa shape index (κ1) is 15.6. The van der Waals surface area contributed by atoms with Gasteiger partial charge in [0.15, 0.2) is 11.6 Å². The van der Waals surface area contributed by atoms with E-state index in [0.717, 1.165) is 0 Å². The maximum Gasteiger partial charge on any atom is 0.238 e. The molecule has 0 bridgehead atoms. The van der Waals surface area contributed by atoms with Gasteiger partial charge in [0.25, 0.3) is 0 Å². The number of anilines is 1. The Kier molecular flexibility index (Phi) is 4.67. The standard InChI is InChI=1S/C12H10ClN3O3S2/c1-19-11-3-9(13)5-15-12(11)16-21(17,18)7-8-2-10(4-14)20-6-8/h2-3,5-6H,7H2,1H3,(H,15,16). The molecule has 6 nitrogen and oxygen atoms in total. The molecule has 0 unspecified atom stereocenters. The van der Waals surface area contributed by atoms with Crippen molar-refractivity contribution in [3.8, 4) is 11.8 Å². The normalized spacial score (nSPS) is 10.9. The molecule has 0 atom stereocenters. The van der Waals surface area contributed by atoms with Crippen LogP contribution in [-0.4, -0.2) is 20.5 Å². The van der Waals surface area contributed by atoms with Crippen LogP contribution in [0.5, 0.6) is 5.75 Å². The average molecular weight is 344 g/mol. The third kappa shape index (κ3) is 4.07. The number of halogens is 1. The summed E-state index contributed by atoms with van der Waals surface area (Å²) in [6, 6.07) is 4.96. The number of aromatic nitrogens is 1. The van der Waals surface area contributed by atoms with Crippen LogP contribution in [0.4, 0.5) is 5.82 Å². The van der Waals surface area contributed by atoms with Gasteiger partial charge in [-0.1, -0.05) is 11.6 Å². The number of thiophene rings is 1. The SMILES string of the molecule is COc1cc(Cl)cnc1NS(=O)(=O)Cc1csc(C#N)c1. The molecule has 2 aromatic heterocycles. The Balaban J connectivity index is 2.20. The molecule has 0 fully saturated rings. The summed E-state index contributed by atoms with van der Waals surface area (Å²) < 4.78 is 31.6. The number of hydrogen-bond donors (Lipinski definition) is 1. The molecule has 110 valence electrons. The molecule has 0 amide bonds. The molecule has 0 aliphatic carbocycles. The first-order chi connectivity index (χ1) is 9.93. The molecule has 1 N–H and O–H groups in total. The second-order valence-electron chi connectivity index (χ2n) is 4.00. The predicted octanol–water partition coefficient (Wildman–Crippen LogP) is 2.62. The Hall–Kier alpha value is -1.82. The third-order valence-electron chi connectivity index (χ3n) is 2.41. The lowest BCUT2D eigenvalue weighted by molar-refractivity contribution is 0.415. The number of sulfonamides is 1. The fourth-order valence-corrected chi connectivity index (χ4v) is 3.65. The summed E-state index contributed by atoms with van der Waals surface area (Å²) in [5.74, 6) is 0.0466. The van der Waals surface area contributed by atoms with Crippen LogP contribution in [-0.2, 0) is 15.8 Å². The zero-order valence-corrected chi connectivity index (χ0v) is 13.2. The van der Waals surface area contributed by atoms with E-state index in [4.69, 9.17) is 21.6 Å². The molecule has 0 aliphatic rings. The zero-order chi connectivity index (χ0) is 15.5. The molecule has 2 heterocycles. The number of pyridine rings is 1. The van der Waals surface area contributed by atoms with Crippen molar-refractivity contribution in [2.45, 2.75) is 5.75 Å². The molecule has 2 rings (SSSR count). The van der Waals surface area contributed by atoms with E-state index in [1.54, 1.807) is 5.38 Å². The number of nitriles is 1. The first-order valence-corrected chi connectivity index (χ1v) is 8.52. The Morgan fingerprint density at radius 3 is 2.90 bits per heavy atom. The van der Waals surface area contributed by atoms with Crippen molar-refractivity contribution in [3.05, 3.63) is 39.2 Å². The fraction of sp³-hybridized carbons (Fsp3) is 0.167. The molecule has 0 saturated carbocycles. The van der Waals surface area contributed by atoms with Crippen LogP contribution >= 0.6 is 22.9 Å². The topological polar surface area (TPSA) is 92.1 Å². The van der Waals surface area contributed by atoms with Crippen LogP contribution in [0.1, 0.15) is 10.4 Å². The average Bonchev–Trinajstić information content (AvgIpc) is 2.87. The smallest absolute Gasteiger partial charge is 0.238 e. The monoisotopic (exact) mass is 343 g/mol. The first-order valence-electron chi connectivity index (χ1n) is 5.61. The molecule has 2 aromatic rings. The second-order valence-corrected chi connectivity index (χ2v) is 7.07. The molecule has 0 radical (unpaired) electrons. The highest BCUT2D eigenvalue weighted by atomic mass is 35.5. The summed E-state index contributed by atoms with van der Waals surface area (Å²) in [6.07, 6.45) is 1.32.